The molecule has 0 aliphatic rings. The number of benzene rings is 2. The summed E-state index contributed by atoms with van der Waals surface area (Å²) < 4.78 is 77.2. The zero-order chi connectivity index (χ0) is 27.6. The van der Waals surface area contributed by atoms with Gasteiger partial charge in [0.15, 0.2) is 0 Å². The largest absolute Gasteiger partial charge is 0.438 e. The number of rotatable bonds is 8. The van der Waals surface area contributed by atoms with Gasteiger partial charge >= 0.3 is 0 Å². The molecule has 0 saturated heterocycles. The number of nitrogens with one attached hydrogen (secondary N) is 1. The van der Waals surface area contributed by atoms with Crippen LogP contribution < -0.4 is 27.4 Å². The van der Waals surface area contributed by atoms with Crippen LogP contribution in [-0.2, 0) is 18.9 Å². The number of nitrogens with two attached hydrogens (primary N) is 2. The van der Waals surface area contributed by atoms with Crippen LogP contribution in [0.4, 0.5) is 22.0 Å². The molecule has 2 aromatic carbocycles. The van der Waals surface area contributed by atoms with Gasteiger partial charge in [0.1, 0.15) is 29.0 Å². The Labute approximate surface area is 211 Å². The average Bonchev–Trinajstić information content (AvgIpc) is 2.83. The maximum atomic E-state index is 14.4. The Morgan fingerprint density at radius 2 is 1.84 bits per heavy atom. The lowest BCUT2D eigenvalue weighted by atomic mass is 10.1. The number of aromatic nitrogens is 3. The molecule has 9 nitrogen and oxygen atoms in total. The molecule has 0 amide bonds. The molecule has 0 atom stereocenters. The minimum Gasteiger partial charge on any atom is -0.438 e. The molecule has 198 valence electrons. The SMILES string of the molecule is CC(F)(F)c1cc(C/C(N)=N/NN)cnc1Oc1ccc2c(c1)c(=O)ncn2Cc1c(F)cc(F)cc1F. The van der Waals surface area contributed by atoms with E-state index in [2.05, 4.69) is 15.1 Å². The minimum atomic E-state index is -3.36. The highest BCUT2D eigenvalue weighted by atomic mass is 19.3. The van der Waals surface area contributed by atoms with Crippen LogP contribution in [0.5, 0.6) is 11.6 Å². The van der Waals surface area contributed by atoms with Crippen LogP contribution in [0.25, 0.3) is 10.9 Å². The average molecular weight is 533 g/mol. The van der Waals surface area contributed by atoms with E-state index in [4.69, 9.17) is 16.3 Å². The van der Waals surface area contributed by atoms with E-state index in [0.29, 0.717) is 24.6 Å². The highest BCUT2D eigenvalue weighted by Gasteiger charge is 2.30. The number of amidine groups is 1. The van der Waals surface area contributed by atoms with Crippen molar-refractivity contribution in [1.82, 2.24) is 20.1 Å². The van der Waals surface area contributed by atoms with Gasteiger partial charge in [0.05, 0.1) is 29.3 Å². The number of alkyl halides is 2. The summed E-state index contributed by atoms with van der Waals surface area (Å²) in [6.07, 6.45) is 2.33. The molecule has 14 heteroatoms. The summed E-state index contributed by atoms with van der Waals surface area (Å²) >= 11 is 0. The number of nitrogens with zero attached hydrogens (tertiary/aromatic N) is 4. The van der Waals surface area contributed by atoms with E-state index in [9.17, 15) is 26.7 Å². The van der Waals surface area contributed by atoms with E-state index in [0.717, 1.165) is 12.4 Å². The highest BCUT2D eigenvalue weighted by Crippen LogP contribution is 2.36. The Morgan fingerprint density at radius 1 is 1.13 bits per heavy atom. The maximum Gasteiger partial charge on any atom is 0.280 e. The fraction of sp³-hybridized carbons (Fsp3) is 0.167. The molecule has 4 rings (SSSR count). The summed E-state index contributed by atoms with van der Waals surface area (Å²) in [4.78, 5) is 20.1. The highest BCUT2D eigenvalue weighted by molar-refractivity contribution is 5.82. The second-order valence-electron chi connectivity index (χ2n) is 8.30. The lowest BCUT2D eigenvalue weighted by Crippen LogP contribution is -2.24. The predicted octanol–water partition coefficient (Wildman–Crippen LogP) is 3.44. The van der Waals surface area contributed by atoms with Crippen molar-refractivity contribution >= 4 is 16.7 Å². The molecule has 0 bridgehead atoms. The first kappa shape index (κ1) is 26.5. The number of fused-ring (bicyclic) bond motifs is 1. The first-order valence-electron chi connectivity index (χ1n) is 10.9. The number of hydrazone groups is 1. The molecule has 0 aliphatic carbocycles. The summed E-state index contributed by atoms with van der Waals surface area (Å²) in [6.45, 7) is 0.263. The normalized spacial score (nSPS) is 12.1. The monoisotopic (exact) mass is 533 g/mol. The lowest BCUT2D eigenvalue weighted by molar-refractivity contribution is 0.0149. The van der Waals surface area contributed by atoms with Crippen LogP contribution in [0.3, 0.4) is 0 Å². The van der Waals surface area contributed by atoms with Gasteiger partial charge in [-0.05, 0) is 29.8 Å². The van der Waals surface area contributed by atoms with Crippen LogP contribution in [0.2, 0.25) is 0 Å². The molecular formula is C24H20F5N7O2. The van der Waals surface area contributed by atoms with E-state index >= 15 is 0 Å². The number of ether oxygens (including phenoxy) is 1. The minimum absolute atomic E-state index is 0.0169. The molecule has 5 N–H and O–H groups in total. The van der Waals surface area contributed by atoms with E-state index in [1.807, 2.05) is 5.53 Å². The van der Waals surface area contributed by atoms with Gasteiger partial charge in [0.25, 0.3) is 11.5 Å². The van der Waals surface area contributed by atoms with E-state index in [-0.39, 0.29) is 28.9 Å². The van der Waals surface area contributed by atoms with Crippen molar-refractivity contribution in [2.45, 2.75) is 25.8 Å². The number of hydrogen-bond acceptors (Lipinski definition) is 7. The first-order valence-corrected chi connectivity index (χ1v) is 10.9. The Balaban J connectivity index is 1.70. The van der Waals surface area contributed by atoms with Gasteiger partial charge < -0.3 is 15.0 Å². The molecule has 0 radical (unpaired) electrons. The Bertz CT molecular complexity index is 1580. The molecular weight excluding hydrogens is 513 g/mol. The van der Waals surface area contributed by atoms with Crippen molar-refractivity contribution in [3.8, 4) is 11.6 Å². The number of hydrogen-bond donors (Lipinski definition) is 3. The maximum absolute atomic E-state index is 14.4. The van der Waals surface area contributed by atoms with Crippen LogP contribution in [0.15, 0.2) is 58.8 Å². The molecule has 2 aromatic heterocycles. The molecule has 2 heterocycles. The Hall–Kier alpha value is -4.59. The summed E-state index contributed by atoms with van der Waals surface area (Å²) in [7, 11) is 0. The van der Waals surface area contributed by atoms with E-state index in [1.54, 1.807) is 0 Å². The van der Waals surface area contributed by atoms with Gasteiger partial charge in [-0.3, -0.25) is 4.79 Å². The molecule has 0 fully saturated rings. The molecule has 0 saturated carbocycles. The third-order valence-corrected chi connectivity index (χ3v) is 5.45. The number of halogens is 5. The second kappa shape index (κ2) is 10.4. The molecule has 38 heavy (non-hydrogen) atoms. The van der Waals surface area contributed by atoms with Crippen LogP contribution in [0.1, 0.15) is 23.6 Å². The van der Waals surface area contributed by atoms with Gasteiger partial charge in [-0.15, -0.1) is 0 Å². The molecule has 4 aromatic rings. The molecule has 0 spiro atoms. The predicted molar refractivity (Wildman–Crippen MR) is 128 cm³/mol. The van der Waals surface area contributed by atoms with Gasteiger partial charge in [0.2, 0.25) is 5.88 Å². The Kier molecular flexibility index (Phi) is 7.26. The quantitative estimate of drug-likeness (QED) is 0.104. The van der Waals surface area contributed by atoms with Crippen molar-refractivity contribution < 1.29 is 26.7 Å². The smallest absolute Gasteiger partial charge is 0.280 e. The van der Waals surface area contributed by atoms with Crippen molar-refractivity contribution in [2.24, 2.45) is 16.7 Å². The van der Waals surface area contributed by atoms with Gasteiger partial charge in [-0.2, -0.15) is 10.1 Å². The Morgan fingerprint density at radius 3 is 2.50 bits per heavy atom. The number of hydrazine groups is 1. The standard InChI is InChI=1S/C24H20F5N7O2/c1-24(28,29)17-4-12(5-21(30)34-35-31)9-32-23(17)38-14-2-3-20-15(8-14)22(37)33-11-36(20)10-16-18(26)6-13(25)7-19(16)27/h2-4,6-9,11,35H,5,10,31H2,1H3,(H2,30,34). The van der Waals surface area contributed by atoms with Crippen LogP contribution in [-0.4, -0.2) is 20.4 Å². The summed E-state index contributed by atoms with van der Waals surface area (Å²) in [6, 6.07) is 6.23. The number of pyridine rings is 1. The third kappa shape index (κ3) is 5.70. The third-order valence-electron chi connectivity index (χ3n) is 5.45. The van der Waals surface area contributed by atoms with E-state index in [1.165, 1.54) is 29.0 Å². The second-order valence-corrected chi connectivity index (χ2v) is 8.30. The van der Waals surface area contributed by atoms with Crippen molar-refractivity contribution in [3.63, 3.8) is 0 Å². The summed E-state index contributed by atoms with van der Waals surface area (Å²) in [5.41, 5.74) is 6.51. The fourth-order valence-electron chi connectivity index (χ4n) is 3.70. The molecule has 0 aliphatic heterocycles. The first-order chi connectivity index (χ1) is 18.0. The summed E-state index contributed by atoms with van der Waals surface area (Å²) in [5.74, 6) is -1.99. The molecule has 0 unspecified atom stereocenters. The van der Waals surface area contributed by atoms with Crippen LogP contribution >= 0.6 is 0 Å². The fourth-order valence-corrected chi connectivity index (χ4v) is 3.70. The zero-order valence-corrected chi connectivity index (χ0v) is 19.7. The van der Waals surface area contributed by atoms with Gasteiger partial charge in [-0.25, -0.2) is 38.3 Å². The topological polar surface area (TPSA) is 133 Å². The van der Waals surface area contributed by atoms with Crippen molar-refractivity contribution in [1.29, 1.82) is 0 Å². The zero-order valence-electron chi connectivity index (χ0n) is 19.7. The van der Waals surface area contributed by atoms with Crippen molar-refractivity contribution in [2.75, 3.05) is 0 Å². The van der Waals surface area contributed by atoms with Crippen LogP contribution in [0, 0.1) is 17.5 Å². The van der Waals surface area contributed by atoms with Gasteiger partial charge in [0, 0.05) is 37.2 Å². The van der Waals surface area contributed by atoms with E-state index < -0.39 is 52.5 Å². The van der Waals surface area contributed by atoms with Gasteiger partial charge in [-0.1, -0.05) is 0 Å². The van der Waals surface area contributed by atoms with Crippen molar-refractivity contribution in [3.05, 3.63) is 93.4 Å². The summed E-state index contributed by atoms with van der Waals surface area (Å²) in [5, 5.41) is 3.55. The lowest BCUT2D eigenvalue weighted by Gasteiger charge is -2.17.